The van der Waals surface area contributed by atoms with Crippen LogP contribution in [0.2, 0.25) is 0 Å². The maximum Gasteiger partial charge on any atom is 0.311 e. The molecule has 0 aromatic rings. The SMILES string of the molecule is CCCC(=O)NCC(=O)NCC1(C(=O)O)CCCCC1. The van der Waals surface area contributed by atoms with Crippen LogP contribution in [0.4, 0.5) is 0 Å². The zero-order chi connectivity index (χ0) is 15.0. The molecule has 0 bridgehead atoms. The number of nitrogens with one attached hydrogen (secondary N) is 2. The smallest absolute Gasteiger partial charge is 0.311 e. The third kappa shape index (κ3) is 4.83. The highest BCUT2D eigenvalue weighted by Crippen LogP contribution is 2.35. The lowest BCUT2D eigenvalue weighted by Gasteiger charge is -2.33. The maximum absolute atomic E-state index is 11.6. The van der Waals surface area contributed by atoms with Crippen molar-refractivity contribution in [1.82, 2.24) is 10.6 Å². The van der Waals surface area contributed by atoms with Crippen molar-refractivity contribution >= 4 is 17.8 Å². The Bertz CT molecular complexity index is 362. The minimum atomic E-state index is -0.840. The molecule has 0 aliphatic heterocycles. The molecule has 20 heavy (non-hydrogen) atoms. The van der Waals surface area contributed by atoms with Gasteiger partial charge in [0.25, 0.3) is 0 Å². The van der Waals surface area contributed by atoms with Gasteiger partial charge in [-0.2, -0.15) is 0 Å². The molecular weight excluding hydrogens is 260 g/mol. The third-order valence-corrected chi connectivity index (χ3v) is 3.81. The number of carbonyl (C=O) groups is 3. The predicted octanol–water partition coefficient (Wildman–Crippen LogP) is 1.05. The second-order valence-corrected chi connectivity index (χ2v) is 5.45. The Morgan fingerprint density at radius 3 is 2.25 bits per heavy atom. The van der Waals surface area contributed by atoms with Crippen LogP contribution in [0.15, 0.2) is 0 Å². The summed E-state index contributed by atoms with van der Waals surface area (Å²) in [7, 11) is 0. The lowest BCUT2D eigenvalue weighted by molar-refractivity contribution is -0.151. The van der Waals surface area contributed by atoms with Crippen LogP contribution in [-0.2, 0) is 14.4 Å². The molecule has 6 heteroatoms. The Hall–Kier alpha value is -1.59. The Labute approximate surface area is 119 Å². The van der Waals surface area contributed by atoms with E-state index in [1.54, 1.807) is 0 Å². The highest BCUT2D eigenvalue weighted by atomic mass is 16.4. The molecule has 1 rings (SSSR count). The first-order valence-electron chi connectivity index (χ1n) is 7.27. The standard InChI is InChI=1S/C14H24N2O4/c1-2-6-11(17)15-9-12(18)16-10-14(13(19)20)7-4-3-5-8-14/h2-10H2,1H3,(H,15,17)(H,16,18)(H,19,20). The van der Waals surface area contributed by atoms with E-state index >= 15 is 0 Å². The third-order valence-electron chi connectivity index (χ3n) is 3.81. The average molecular weight is 284 g/mol. The van der Waals surface area contributed by atoms with Crippen molar-refractivity contribution in [1.29, 1.82) is 0 Å². The summed E-state index contributed by atoms with van der Waals surface area (Å²) in [6.07, 6.45) is 5.15. The van der Waals surface area contributed by atoms with Crippen molar-refractivity contribution in [2.75, 3.05) is 13.1 Å². The predicted molar refractivity (Wildman–Crippen MR) is 74.1 cm³/mol. The van der Waals surface area contributed by atoms with E-state index in [1.165, 1.54) is 0 Å². The molecule has 0 spiro atoms. The van der Waals surface area contributed by atoms with Crippen molar-refractivity contribution in [2.24, 2.45) is 5.41 Å². The topological polar surface area (TPSA) is 95.5 Å². The number of rotatable bonds is 7. The summed E-state index contributed by atoms with van der Waals surface area (Å²) in [6, 6.07) is 0. The van der Waals surface area contributed by atoms with Crippen molar-refractivity contribution in [3.05, 3.63) is 0 Å². The van der Waals surface area contributed by atoms with Crippen LogP contribution in [0.25, 0.3) is 0 Å². The molecule has 0 aromatic carbocycles. The van der Waals surface area contributed by atoms with Crippen LogP contribution >= 0.6 is 0 Å². The zero-order valence-electron chi connectivity index (χ0n) is 12.0. The highest BCUT2D eigenvalue weighted by Gasteiger charge is 2.39. The summed E-state index contributed by atoms with van der Waals surface area (Å²) in [6.45, 7) is 1.94. The van der Waals surface area contributed by atoms with Gasteiger partial charge in [-0.15, -0.1) is 0 Å². The van der Waals surface area contributed by atoms with E-state index in [4.69, 9.17) is 0 Å². The van der Waals surface area contributed by atoms with Crippen LogP contribution < -0.4 is 10.6 Å². The van der Waals surface area contributed by atoms with Crippen molar-refractivity contribution in [2.45, 2.75) is 51.9 Å². The van der Waals surface area contributed by atoms with E-state index in [1.807, 2.05) is 6.92 Å². The van der Waals surface area contributed by atoms with Crippen LogP contribution in [0.3, 0.4) is 0 Å². The second-order valence-electron chi connectivity index (χ2n) is 5.45. The van der Waals surface area contributed by atoms with E-state index in [0.717, 1.165) is 25.7 Å². The molecule has 0 unspecified atom stereocenters. The van der Waals surface area contributed by atoms with Gasteiger partial charge in [0, 0.05) is 13.0 Å². The van der Waals surface area contributed by atoms with Gasteiger partial charge >= 0.3 is 5.97 Å². The van der Waals surface area contributed by atoms with Crippen molar-refractivity contribution in [3.63, 3.8) is 0 Å². The van der Waals surface area contributed by atoms with Crippen molar-refractivity contribution in [3.8, 4) is 0 Å². The normalized spacial score (nSPS) is 17.2. The minimum Gasteiger partial charge on any atom is -0.481 e. The fourth-order valence-electron chi connectivity index (χ4n) is 2.52. The monoisotopic (exact) mass is 284 g/mol. The molecule has 2 amide bonds. The van der Waals surface area contributed by atoms with Gasteiger partial charge in [-0.1, -0.05) is 26.2 Å². The van der Waals surface area contributed by atoms with E-state index < -0.39 is 11.4 Å². The number of hydrogen-bond donors (Lipinski definition) is 3. The summed E-state index contributed by atoms with van der Waals surface area (Å²) >= 11 is 0. The molecule has 114 valence electrons. The van der Waals surface area contributed by atoms with E-state index in [2.05, 4.69) is 10.6 Å². The summed E-state index contributed by atoms with van der Waals surface area (Å²) in [5.74, 6) is -1.33. The maximum atomic E-state index is 11.6. The van der Waals surface area contributed by atoms with E-state index in [9.17, 15) is 19.5 Å². The fourth-order valence-corrected chi connectivity index (χ4v) is 2.52. The zero-order valence-corrected chi connectivity index (χ0v) is 12.0. The summed E-state index contributed by atoms with van der Waals surface area (Å²) < 4.78 is 0. The molecule has 6 nitrogen and oxygen atoms in total. The number of amides is 2. The number of carboxylic acid groups (broad SMARTS) is 1. The van der Waals surface area contributed by atoms with Crippen LogP contribution in [0.5, 0.6) is 0 Å². The summed E-state index contributed by atoms with van der Waals surface area (Å²) in [5, 5.41) is 14.5. The molecule has 0 radical (unpaired) electrons. The molecule has 1 fully saturated rings. The number of aliphatic carboxylic acids is 1. The van der Waals surface area contributed by atoms with Gasteiger partial charge in [0.2, 0.25) is 11.8 Å². The molecule has 3 N–H and O–H groups in total. The first-order valence-corrected chi connectivity index (χ1v) is 7.27. The van der Waals surface area contributed by atoms with Gasteiger partial charge in [-0.05, 0) is 19.3 Å². The van der Waals surface area contributed by atoms with Crippen LogP contribution in [0, 0.1) is 5.41 Å². The molecular formula is C14H24N2O4. The molecule has 0 atom stereocenters. The Morgan fingerprint density at radius 2 is 1.70 bits per heavy atom. The summed E-state index contributed by atoms with van der Waals surface area (Å²) in [4.78, 5) is 34.3. The molecule has 1 aliphatic carbocycles. The quantitative estimate of drug-likeness (QED) is 0.651. The lowest BCUT2D eigenvalue weighted by atomic mass is 9.74. The number of carboxylic acids is 1. The Kier molecular flexibility index (Phi) is 6.48. The first-order chi connectivity index (χ1) is 9.50. The number of carbonyl (C=O) groups excluding carboxylic acids is 2. The molecule has 0 aromatic heterocycles. The lowest BCUT2D eigenvalue weighted by Crippen LogP contribution is -2.46. The van der Waals surface area contributed by atoms with Gasteiger partial charge in [0.05, 0.1) is 12.0 Å². The second kappa shape index (κ2) is 7.87. The Balaban J connectivity index is 2.38. The number of hydrogen-bond acceptors (Lipinski definition) is 3. The van der Waals surface area contributed by atoms with Gasteiger partial charge in [0.1, 0.15) is 0 Å². The van der Waals surface area contributed by atoms with E-state index in [-0.39, 0.29) is 24.9 Å². The molecule has 0 heterocycles. The van der Waals surface area contributed by atoms with Gasteiger partial charge in [-0.25, -0.2) is 0 Å². The molecule has 1 aliphatic rings. The van der Waals surface area contributed by atoms with Gasteiger partial charge in [-0.3, -0.25) is 14.4 Å². The fraction of sp³-hybridized carbons (Fsp3) is 0.786. The van der Waals surface area contributed by atoms with Gasteiger partial charge < -0.3 is 15.7 Å². The van der Waals surface area contributed by atoms with Crippen LogP contribution in [-0.4, -0.2) is 36.0 Å². The van der Waals surface area contributed by atoms with E-state index in [0.29, 0.717) is 19.3 Å². The highest BCUT2D eigenvalue weighted by molar-refractivity contribution is 5.85. The molecule has 1 saturated carbocycles. The average Bonchev–Trinajstić information content (AvgIpc) is 2.44. The van der Waals surface area contributed by atoms with Crippen LogP contribution in [0.1, 0.15) is 51.9 Å². The van der Waals surface area contributed by atoms with Crippen molar-refractivity contribution < 1.29 is 19.5 Å². The summed E-state index contributed by atoms with van der Waals surface area (Å²) in [5.41, 5.74) is -0.832. The largest absolute Gasteiger partial charge is 0.481 e. The minimum absolute atomic E-state index is 0.0888. The van der Waals surface area contributed by atoms with Gasteiger partial charge in [0.15, 0.2) is 0 Å². The Morgan fingerprint density at radius 1 is 1.05 bits per heavy atom. The first kappa shape index (κ1) is 16.5. The molecule has 0 saturated heterocycles.